The molecule has 1 amide bonds. The summed E-state index contributed by atoms with van der Waals surface area (Å²) in [5.41, 5.74) is -1.76. The fraction of sp³-hybridized carbons (Fsp3) is 0.867. The number of carbonyl (C=O) groups is 2. The predicted molar refractivity (Wildman–Crippen MR) is 82.9 cm³/mol. The molecule has 0 aromatic carbocycles. The summed E-state index contributed by atoms with van der Waals surface area (Å²) in [6.07, 6.45) is 1.73. The maximum absolute atomic E-state index is 12.5. The van der Waals surface area contributed by atoms with E-state index in [2.05, 4.69) is 5.32 Å². The van der Waals surface area contributed by atoms with Crippen LogP contribution in [0.4, 0.5) is 4.79 Å². The zero-order valence-electron chi connectivity index (χ0n) is 13.6. The predicted octanol–water partition coefficient (Wildman–Crippen LogP) is 1.89. The normalized spacial score (nSPS) is 34.1. The Balaban J connectivity index is 2.19. The molecule has 22 heavy (non-hydrogen) atoms. The molecule has 6 nitrogen and oxygen atoms in total. The molecule has 0 spiro atoms. The maximum Gasteiger partial charge on any atom is 0.408 e. The summed E-state index contributed by atoms with van der Waals surface area (Å²) < 4.78 is 22.6. The molecule has 2 aliphatic rings. The fourth-order valence-corrected chi connectivity index (χ4v) is 5.37. The third-order valence-corrected chi connectivity index (χ3v) is 6.15. The van der Waals surface area contributed by atoms with Crippen molar-refractivity contribution in [2.45, 2.75) is 75.0 Å². The Morgan fingerprint density at radius 2 is 1.77 bits per heavy atom. The van der Waals surface area contributed by atoms with E-state index in [1.54, 1.807) is 27.7 Å². The Labute approximate surface area is 133 Å². The van der Waals surface area contributed by atoms with Gasteiger partial charge in [0.25, 0.3) is 0 Å². The van der Waals surface area contributed by atoms with Gasteiger partial charge in [0.05, 0.1) is 6.61 Å². The average Bonchev–Trinajstić information content (AvgIpc) is 2.60. The summed E-state index contributed by atoms with van der Waals surface area (Å²) in [6, 6.07) is 0. The summed E-state index contributed by atoms with van der Waals surface area (Å²) >= 11 is 0. The van der Waals surface area contributed by atoms with Gasteiger partial charge >= 0.3 is 12.1 Å². The highest BCUT2D eigenvalue weighted by molar-refractivity contribution is 7.86. The van der Waals surface area contributed by atoms with Gasteiger partial charge in [-0.15, -0.1) is 0 Å². The second kappa shape index (κ2) is 6.18. The minimum atomic E-state index is -1.11. The third kappa shape index (κ3) is 3.62. The van der Waals surface area contributed by atoms with E-state index in [0.29, 0.717) is 12.8 Å². The van der Waals surface area contributed by atoms with Crippen LogP contribution in [-0.4, -0.2) is 44.5 Å². The maximum atomic E-state index is 12.5. The van der Waals surface area contributed by atoms with Crippen LogP contribution in [0.25, 0.3) is 0 Å². The Bertz CT molecular complexity index is 469. The molecule has 2 rings (SSSR count). The highest BCUT2D eigenvalue weighted by Gasteiger charge is 2.54. The molecule has 7 heteroatoms. The van der Waals surface area contributed by atoms with Crippen LogP contribution in [-0.2, 0) is 25.1 Å². The number of ether oxygens (including phenoxy) is 2. The molecule has 0 aromatic heterocycles. The Kier molecular flexibility index (Phi) is 4.84. The van der Waals surface area contributed by atoms with E-state index in [1.807, 2.05) is 0 Å². The van der Waals surface area contributed by atoms with Gasteiger partial charge in [-0.1, -0.05) is 0 Å². The number of esters is 1. The smallest absolute Gasteiger partial charge is 0.408 e. The van der Waals surface area contributed by atoms with Crippen LogP contribution in [0.2, 0.25) is 0 Å². The van der Waals surface area contributed by atoms with Crippen LogP contribution in [0.3, 0.4) is 0 Å². The number of rotatable bonds is 3. The van der Waals surface area contributed by atoms with Gasteiger partial charge in [0.1, 0.15) is 11.1 Å². The fourth-order valence-electron chi connectivity index (χ4n) is 3.19. The first-order chi connectivity index (χ1) is 10.2. The minimum Gasteiger partial charge on any atom is -0.464 e. The highest BCUT2D eigenvalue weighted by atomic mass is 32.2. The van der Waals surface area contributed by atoms with Crippen molar-refractivity contribution >= 4 is 22.9 Å². The second-order valence-corrected chi connectivity index (χ2v) is 8.98. The van der Waals surface area contributed by atoms with Gasteiger partial charge in [0.2, 0.25) is 0 Å². The van der Waals surface area contributed by atoms with Gasteiger partial charge in [0, 0.05) is 21.3 Å². The SMILES string of the molecule is CCOC(=O)C1(NC(=O)OC(C)(C)C)CC2CCC(C1)S2=O. The van der Waals surface area contributed by atoms with Crippen molar-refractivity contribution in [2.24, 2.45) is 0 Å². The standard InChI is InChI=1S/C15H25NO5S/c1-5-20-12(17)15(16-13(18)21-14(2,3)4)8-10-6-7-11(9-15)22(10)19/h10-11H,5-9H2,1-4H3,(H,16,18). The molecular formula is C15H25NO5S. The molecule has 2 heterocycles. The van der Waals surface area contributed by atoms with E-state index in [1.165, 1.54) is 0 Å². The van der Waals surface area contributed by atoms with Gasteiger partial charge < -0.3 is 14.8 Å². The molecular weight excluding hydrogens is 306 g/mol. The van der Waals surface area contributed by atoms with E-state index in [-0.39, 0.29) is 17.1 Å². The lowest BCUT2D eigenvalue weighted by Crippen LogP contribution is -2.61. The van der Waals surface area contributed by atoms with Crippen molar-refractivity contribution in [1.82, 2.24) is 5.32 Å². The van der Waals surface area contributed by atoms with Crippen molar-refractivity contribution in [1.29, 1.82) is 0 Å². The summed E-state index contributed by atoms with van der Waals surface area (Å²) in [5.74, 6) is -0.450. The van der Waals surface area contributed by atoms with Crippen molar-refractivity contribution < 1.29 is 23.3 Å². The number of fused-ring (bicyclic) bond motifs is 2. The number of alkyl carbamates (subject to hydrolysis) is 1. The molecule has 2 saturated heterocycles. The Morgan fingerprint density at radius 1 is 1.23 bits per heavy atom. The quantitative estimate of drug-likeness (QED) is 0.799. The monoisotopic (exact) mass is 331 g/mol. The number of carbonyl (C=O) groups excluding carboxylic acids is 2. The zero-order valence-corrected chi connectivity index (χ0v) is 14.5. The molecule has 2 atom stereocenters. The van der Waals surface area contributed by atoms with Crippen LogP contribution in [0.15, 0.2) is 0 Å². The van der Waals surface area contributed by atoms with Gasteiger partial charge in [0.15, 0.2) is 0 Å². The van der Waals surface area contributed by atoms with E-state index < -0.39 is 34.0 Å². The molecule has 126 valence electrons. The second-order valence-electron chi connectivity index (χ2n) is 6.99. The first-order valence-electron chi connectivity index (χ1n) is 7.74. The molecule has 1 N–H and O–H groups in total. The topological polar surface area (TPSA) is 81.7 Å². The number of amides is 1. The van der Waals surface area contributed by atoms with Gasteiger partial charge in [-0.3, -0.25) is 4.21 Å². The van der Waals surface area contributed by atoms with E-state index >= 15 is 0 Å². The van der Waals surface area contributed by atoms with Crippen LogP contribution >= 0.6 is 0 Å². The summed E-state index contributed by atoms with van der Waals surface area (Å²) in [5, 5.41) is 2.61. The molecule has 0 aromatic rings. The van der Waals surface area contributed by atoms with Crippen LogP contribution in [0.5, 0.6) is 0 Å². The Morgan fingerprint density at radius 3 is 2.23 bits per heavy atom. The van der Waals surface area contributed by atoms with Crippen LogP contribution in [0, 0.1) is 0 Å². The van der Waals surface area contributed by atoms with Crippen LogP contribution < -0.4 is 5.32 Å². The molecule has 2 aliphatic heterocycles. The zero-order chi connectivity index (χ0) is 16.5. The van der Waals surface area contributed by atoms with Crippen molar-refractivity contribution in [3.05, 3.63) is 0 Å². The number of nitrogens with one attached hydrogen (secondary N) is 1. The molecule has 2 fully saturated rings. The summed E-state index contributed by atoms with van der Waals surface area (Å²) in [4.78, 5) is 24.6. The largest absolute Gasteiger partial charge is 0.464 e. The van der Waals surface area contributed by atoms with Gasteiger partial charge in [-0.05, 0) is 53.4 Å². The third-order valence-electron chi connectivity index (χ3n) is 4.03. The molecule has 0 aliphatic carbocycles. The molecule has 2 bridgehead atoms. The molecule has 0 radical (unpaired) electrons. The van der Waals surface area contributed by atoms with Gasteiger partial charge in [-0.2, -0.15) is 0 Å². The first-order valence-corrected chi connectivity index (χ1v) is 9.02. The number of hydrogen-bond donors (Lipinski definition) is 1. The van der Waals surface area contributed by atoms with E-state index in [9.17, 15) is 13.8 Å². The van der Waals surface area contributed by atoms with Crippen molar-refractivity contribution in [3.63, 3.8) is 0 Å². The van der Waals surface area contributed by atoms with Crippen LogP contribution in [0.1, 0.15) is 53.4 Å². The highest BCUT2D eigenvalue weighted by Crippen LogP contribution is 2.41. The first kappa shape index (κ1) is 17.2. The lowest BCUT2D eigenvalue weighted by molar-refractivity contribution is -0.152. The summed E-state index contributed by atoms with van der Waals surface area (Å²) in [7, 11) is -0.919. The lowest BCUT2D eigenvalue weighted by Gasteiger charge is -2.38. The van der Waals surface area contributed by atoms with E-state index in [0.717, 1.165) is 12.8 Å². The Hall–Kier alpha value is -1.11. The minimum absolute atomic E-state index is 0.0573. The van der Waals surface area contributed by atoms with Crippen molar-refractivity contribution in [3.8, 4) is 0 Å². The molecule has 0 saturated carbocycles. The lowest BCUT2D eigenvalue weighted by atomic mass is 9.89. The summed E-state index contributed by atoms with van der Waals surface area (Å²) in [6.45, 7) is 7.28. The molecule has 2 unspecified atom stereocenters. The van der Waals surface area contributed by atoms with Crippen molar-refractivity contribution in [2.75, 3.05) is 6.61 Å². The average molecular weight is 331 g/mol. The van der Waals surface area contributed by atoms with E-state index in [4.69, 9.17) is 9.47 Å². The van der Waals surface area contributed by atoms with Gasteiger partial charge in [-0.25, -0.2) is 9.59 Å². The number of hydrogen-bond acceptors (Lipinski definition) is 5.